The second-order valence-corrected chi connectivity index (χ2v) is 4.62. The lowest BCUT2D eigenvalue weighted by atomic mass is 10.1. The van der Waals surface area contributed by atoms with E-state index in [1.807, 2.05) is 0 Å². The molecular formula is C9H12ClNO3S. The van der Waals surface area contributed by atoms with E-state index in [4.69, 9.17) is 11.6 Å². The summed E-state index contributed by atoms with van der Waals surface area (Å²) in [5.74, 6) is -0.252. The average Bonchev–Trinajstić information content (AvgIpc) is 2.59. The highest BCUT2D eigenvalue weighted by Crippen LogP contribution is 2.29. The van der Waals surface area contributed by atoms with Crippen LogP contribution in [0.25, 0.3) is 0 Å². The van der Waals surface area contributed by atoms with Gasteiger partial charge in [-0.2, -0.15) is 0 Å². The molecule has 3 N–H and O–H groups in total. The van der Waals surface area contributed by atoms with Crippen molar-refractivity contribution in [1.29, 1.82) is 0 Å². The summed E-state index contributed by atoms with van der Waals surface area (Å²) in [4.78, 5) is 10.6. The molecule has 1 aromatic heterocycles. The van der Waals surface area contributed by atoms with Crippen LogP contribution in [0.3, 0.4) is 0 Å². The molecule has 0 saturated heterocycles. The van der Waals surface area contributed by atoms with Gasteiger partial charge in [-0.15, -0.1) is 11.3 Å². The number of carbonyl (C=O) groups excluding carboxylic acids is 1. The minimum absolute atomic E-state index is 0.00265. The second-order valence-electron chi connectivity index (χ2n) is 3.10. The number of rotatable bonds is 4. The zero-order valence-corrected chi connectivity index (χ0v) is 9.68. The predicted octanol–water partition coefficient (Wildman–Crippen LogP) is 0.932. The summed E-state index contributed by atoms with van der Waals surface area (Å²) in [5.41, 5.74) is 0.486. The molecule has 0 radical (unpaired) electrons. The van der Waals surface area contributed by atoms with Crippen LogP contribution in [0.15, 0.2) is 11.4 Å². The molecule has 1 aromatic rings. The number of aliphatic hydroxyl groups is 2. The van der Waals surface area contributed by atoms with Crippen molar-refractivity contribution in [3.05, 3.63) is 21.3 Å². The maximum absolute atomic E-state index is 10.6. The largest absolute Gasteiger partial charge is 0.388 e. The molecule has 2 unspecified atom stereocenters. The highest BCUT2D eigenvalue weighted by molar-refractivity contribution is 7.14. The lowest BCUT2D eigenvalue weighted by molar-refractivity contribution is -0.119. The Bertz CT molecular complexity index is 342. The summed E-state index contributed by atoms with van der Waals surface area (Å²) in [6.45, 7) is 1.35. The molecule has 15 heavy (non-hydrogen) atoms. The van der Waals surface area contributed by atoms with E-state index in [0.717, 1.165) is 0 Å². The number of aliphatic hydroxyl groups excluding tert-OH is 2. The van der Waals surface area contributed by atoms with E-state index in [0.29, 0.717) is 9.90 Å². The molecule has 1 heterocycles. The summed E-state index contributed by atoms with van der Waals surface area (Å²) in [5, 5.41) is 23.4. The Morgan fingerprint density at radius 2 is 2.33 bits per heavy atom. The van der Waals surface area contributed by atoms with Crippen LogP contribution in [0, 0.1) is 0 Å². The molecule has 1 rings (SSSR count). The molecule has 0 aliphatic heterocycles. The highest BCUT2D eigenvalue weighted by atomic mass is 35.5. The maximum Gasteiger partial charge on any atom is 0.216 e. The molecule has 84 valence electrons. The first-order chi connectivity index (χ1) is 7.02. The fourth-order valence-corrected chi connectivity index (χ4v) is 2.07. The zero-order valence-electron chi connectivity index (χ0n) is 8.11. The molecule has 0 aliphatic carbocycles. The van der Waals surface area contributed by atoms with Crippen LogP contribution < -0.4 is 5.32 Å². The van der Waals surface area contributed by atoms with Gasteiger partial charge in [0.05, 0.1) is 4.34 Å². The monoisotopic (exact) mass is 249 g/mol. The van der Waals surface area contributed by atoms with Crippen LogP contribution >= 0.6 is 22.9 Å². The van der Waals surface area contributed by atoms with Crippen molar-refractivity contribution in [3.8, 4) is 0 Å². The third-order valence-electron chi connectivity index (χ3n) is 1.89. The Labute approximate surface area is 96.5 Å². The van der Waals surface area contributed by atoms with Crippen LogP contribution in [0.1, 0.15) is 18.6 Å². The number of thiophene rings is 1. The molecule has 0 spiro atoms. The van der Waals surface area contributed by atoms with E-state index in [1.54, 1.807) is 11.4 Å². The second kappa shape index (κ2) is 5.46. The first-order valence-electron chi connectivity index (χ1n) is 4.36. The van der Waals surface area contributed by atoms with Crippen LogP contribution in [0.4, 0.5) is 0 Å². The maximum atomic E-state index is 10.6. The SMILES string of the molecule is CC(=O)NCC(O)C(O)c1ccsc1Cl. The average molecular weight is 250 g/mol. The Morgan fingerprint density at radius 1 is 1.67 bits per heavy atom. The molecule has 4 nitrogen and oxygen atoms in total. The third-order valence-corrected chi connectivity index (χ3v) is 3.09. The molecule has 0 fully saturated rings. The van der Waals surface area contributed by atoms with Crippen molar-refractivity contribution in [2.75, 3.05) is 6.54 Å². The normalized spacial score (nSPS) is 14.7. The molecule has 0 bridgehead atoms. The summed E-state index contributed by atoms with van der Waals surface area (Å²) in [6, 6.07) is 1.65. The number of hydrogen-bond donors (Lipinski definition) is 3. The van der Waals surface area contributed by atoms with Gasteiger partial charge < -0.3 is 15.5 Å². The zero-order chi connectivity index (χ0) is 11.4. The molecule has 0 aromatic carbocycles. The molecule has 0 saturated carbocycles. The van der Waals surface area contributed by atoms with Crippen molar-refractivity contribution < 1.29 is 15.0 Å². The smallest absolute Gasteiger partial charge is 0.216 e. The van der Waals surface area contributed by atoms with Gasteiger partial charge in [-0.3, -0.25) is 4.79 Å². The number of carbonyl (C=O) groups is 1. The summed E-state index contributed by atoms with van der Waals surface area (Å²) >= 11 is 7.08. The van der Waals surface area contributed by atoms with Gasteiger partial charge in [0, 0.05) is 19.0 Å². The van der Waals surface area contributed by atoms with Crippen LogP contribution in [-0.2, 0) is 4.79 Å². The first kappa shape index (κ1) is 12.4. The van der Waals surface area contributed by atoms with Crippen molar-refractivity contribution >= 4 is 28.8 Å². The van der Waals surface area contributed by atoms with E-state index in [1.165, 1.54) is 18.3 Å². The van der Waals surface area contributed by atoms with E-state index < -0.39 is 12.2 Å². The molecule has 6 heteroatoms. The van der Waals surface area contributed by atoms with Gasteiger partial charge in [0.1, 0.15) is 12.2 Å². The number of nitrogens with one attached hydrogen (secondary N) is 1. The fraction of sp³-hybridized carbons (Fsp3) is 0.444. The van der Waals surface area contributed by atoms with Gasteiger partial charge >= 0.3 is 0 Å². The van der Waals surface area contributed by atoms with Crippen molar-refractivity contribution in [2.24, 2.45) is 0 Å². The van der Waals surface area contributed by atoms with E-state index >= 15 is 0 Å². The molecule has 1 amide bonds. The Kier molecular flexibility index (Phi) is 4.53. The lowest BCUT2D eigenvalue weighted by Crippen LogP contribution is -2.34. The Hall–Kier alpha value is -0.620. The van der Waals surface area contributed by atoms with Gasteiger partial charge in [-0.25, -0.2) is 0 Å². The highest BCUT2D eigenvalue weighted by Gasteiger charge is 2.21. The fourth-order valence-electron chi connectivity index (χ4n) is 1.08. The summed E-state index contributed by atoms with van der Waals surface area (Å²) in [6.07, 6.45) is -2.13. The van der Waals surface area contributed by atoms with Gasteiger partial charge in [-0.05, 0) is 11.4 Å². The van der Waals surface area contributed by atoms with Gasteiger partial charge in [0.15, 0.2) is 0 Å². The van der Waals surface area contributed by atoms with Gasteiger partial charge in [0.25, 0.3) is 0 Å². The van der Waals surface area contributed by atoms with E-state index in [2.05, 4.69) is 5.32 Å². The van der Waals surface area contributed by atoms with Crippen LogP contribution in [-0.4, -0.2) is 28.8 Å². The van der Waals surface area contributed by atoms with E-state index in [-0.39, 0.29) is 12.5 Å². The topological polar surface area (TPSA) is 69.6 Å². The van der Waals surface area contributed by atoms with Crippen LogP contribution in [0.2, 0.25) is 4.34 Å². The Balaban J connectivity index is 2.57. The first-order valence-corrected chi connectivity index (χ1v) is 5.61. The van der Waals surface area contributed by atoms with Crippen molar-refractivity contribution in [3.63, 3.8) is 0 Å². The lowest BCUT2D eigenvalue weighted by Gasteiger charge is -2.17. The molecular weight excluding hydrogens is 238 g/mol. The minimum atomic E-state index is -1.07. The van der Waals surface area contributed by atoms with Crippen molar-refractivity contribution in [1.82, 2.24) is 5.32 Å². The van der Waals surface area contributed by atoms with Crippen LogP contribution in [0.5, 0.6) is 0 Å². The standard InChI is InChI=1S/C9H12ClNO3S/c1-5(12)11-4-7(13)8(14)6-2-3-15-9(6)10/h2-3,7-8,13-14H,4H2,1H3,(H,11,12). The quantitative estimate of drug-likeness (QED) is 0.744. The minimum Gasteiger partial charge on any atom is -0.388 e. The Morgan fingerprint density at radius 3 is 2.80 bits per heavy atom. The predicted molar refractivity (Wildman–Crippen MR) is 59.0 cm³/mol. The van der Waals surface area contributed by atoms with Gasteiger partial charge in [-0.1, -0.05) is 11.6 Å². The summed E-state index contributed by atoms with van der Waals surface area (Å²) < 4.78 is 0.448. The van der Waals surface area contributed by atoms with Crippen molar-refractivity contribution in [2.45, 2.75) is 19.1 Å². The summed E-state index contributed by atoms with van der Waals surface area (Å²) in [7, 11) is 0. The molecule has 2 atom stereocenters. The number of halogens is 1. The third kappa shape index (κ3) is 3.46. The van der Waals surface area contributed by atoms with E-state index in [9.17, 15) is 15.0 Å². The molecule has 0 aliphatic rings. The number of hydrogen-bond acceptors (Lipinski definition) is 4. The van der Waals surface area contributed by atoms with Gasteiger partial charge in [0.2, 0.25) is 5.91 Å². The number of amides is 1.